The van der Waals surface area contributed by atoms with Crippen LogP contribution < -0.4 is 10.5 Å². The number of nitrogen functional groups attached to an aromatic ring is 1. The summed E-state index contributed by atoms with van der Waals surface area (Å²) in [6, 6.07) is 7.97. The maximum atomic E-state index is 13.2. The highest BCUT2D eigenvalue weighted by Crippen LogP contribution is 2.26. The predicted molar refractivity (Wildman–Crippen MR) is 77.8 cm³/mol. The van der Waals surface area contributed by atoms with E-state index < -0.39 is 15.8 Å². The fourth-order valence-corrected chi connectivity index (χ4v) is 3.27. The van der Waals surface area contributed by atoms with Crippen LogP contribution in [0.25, 0.3) is 0 Å². The van der Waals surface area contributed by atoms with E-state index in [0.717, 1.165) is 12.1 Å². The Morgan fingerprint density at radius 3 is 2.60 bits per heavy atom. The second-order valence-corrected chi connectivity index (χ2v) is 6.31. The first kappa shape index (κ1) is 14.6. The monoisotopic (exact) mass is 314 g/mol. The van der Waals surface area contributed by atoms with E-state index in [1.165, 1.54) is 12.1 Å². The number of hydrogen-bond acceptors (Lipinski definition) is 3. The van der Waals surface area contributed by atoms with Crippen LogP contribution in [0.15, 0.2) is 41.3 Å². The molecule has 0 aliphatic rings. The second-order valence-electron chi connectivity index (χ2n) is 4.25. The van der Waals surface area contributed by atoms with Gasteiger partial charge in [-0.15, -0.1) is 0 Å². The fraction of sp³-hybridized carbons (Fsp3) is 0.0769. The summed E-state index contributed by atoms with van der Waals surface area (Å²) in [5.41, 5.74) is 7.05. The molecule has 2 rings (SSSR count). The average Bonchev–Trinajstić information content (AvgIpc) is 2.36. The molecule has 0 unspecified atom stereocenters. The van der Waals surface area contributed by atoms with E-state index in [1.807, 2.05) is 0 Å². The molecule has 0 fully saturated rings. The summed E-state index contributed by atoms with van der Waals surface area (Å²) in [4.78, 5) is -0.319. The fourth-order valence-electron chi connectivity index (χ4n) is 1.63. The molecule has 0 radical (unpaired) electrons. The van der Waals surface area contributed by atoms with Crippen molar-refractivity contribution in [3.8, 4) is 0 Å². The van der Waals surface area contributed by atoms with Gasteiger partial charge in [0.25, 0.3) is 10.0 Å². The number of nitrogens with two attached hydrogens (primary N) is 1. The predicted octanol–water partition coefficient (Wildman–Crippen LogP) is 3.17. The molecule has 3 N–H and O–H groups in total. The molecule has 7 heteroatoms. The summed E-state index contributed by atoms with van der Waals surface area (Å²) in [7, 11) is -3.98. The first-order chi connectivity index (χ1) is 9.29. The molecule has 0 atom stereocenters. The van der Waals surface area contributed by atoms with Gasteiger partial charge in [-0.1, -0.05) is 17.7 Å². The van der Waals surface area contributed by atoms with Crippen LogP contribution in [-0.4, -0.2) is 8.42 Å². The topological polar surface area (TPSA) is 72.2 Å². The lowest BCUT2D eigenvalue weighted by Gasteiger charge is -2.12. The number of rotatable bonds is 3. The zero-order chi connectivity index (χ0) is 14.9. The molecule has 0 aliphatic heterocycles. The molecular weight excluding hydrogens is 303 g/mol. The molecule has 106 valence electrons. The van der Waals surface area contributed by atoms with Crippen molar-refractivity contribution in [2.75, 3.05) is 10.5 Å². The van der Waals surface area contributed by atoms with Gasteiger partial charge in [0.1, 0.15) is 10.7 Å². The van der Waals surface area contributed by atoms with Crippen LogP contribution in [-0.2, 0) is 10.0 Å². The summed E-state index contributed by atoms with van der Waals surface area (Å²) in [6.07, 6.45) is 0. The molecule has 0 amide bonds. The maximum absolute atomic E-state index is 13.2. The van der Waals surface area contributed by atoms with Gasteiger partial charge in [-0.25, -0.2) is 12.8 Å². The Balaban J connectivity index is 2.46. The van der Waals surface area contributed by atoms with Crippen LogP contribution >= 0.6 is 11.6 Å². The van der Waals surface area contributed by atoms with Gasteiger partial charge in [0.05, 0.1) is 10.7 Å². The molecule has 20 heavy (non-hydrogen) atoms. The van der Waals surface area contributed by atoms with Gasteiger partial charge in [0, 0.05) is 5.69 Å². The Labute approximate surface area is 121 Å². The molecular formula is C13H12ClFN2O2S. The number of halogens is 2. The first-order valence-electron chi connectivity index (χ1n) is 5.63. The summed E-state index contributed by atoms with van der Waals surface area (Å²) in [5, 5.41) is -0.0551. The van der Waals surface area contributed by atoms with E-state index in [2.05, 4.69) is 4.72 Å². The zero-order valence-corrected chi connectivity index (χ0v) is 12.1. The van der Waals surface area contributed by atoms with Crippen molar-refractivity contribution in [3.63, 3.8) is 0 Å². The molecule has 0 spiro atoms. The van der Waals surface area contributed by atoms with Gasteiger partial charge in [-0.05, 0) is 42.8 Å². The second kappa shape index (κ2) is 5.30. The van der Waals surface area contributed by atoms with Gasteiger partial charge in [0.15, 0.2) is 0 Å². The lowest BCUT2D eigenvalue weighted by molar-refractivity contribution is 0.595. The molecule has 0 saturated heterocycles. The van der Waals surface area contributed by atoms with Crippen molar-refractivity contribution in [1.29, 1.82) is 0 Å². The number of anilines is 2. The maximum Gasteiger partial charge on any atom is 0.263 e. The van der Waals surface area contributed by atoms with Crippen LogP contribution in [0.5, 0.6) is 0 Å². The zero-order valence-electron chi connectivity index (χ0n) is 10.5. The van der Waals surface area contributed by atoms with Gasteiger partial charge in [-0.3, -0.25) is 4.72 Å². The van der Waals surface area contributed by atoms with Crippen molar-refractivity contribution in [2.24, 2.45) is 0 Å². The first-order valence-corrected chi connectivity index (χ1v) is 7.50. The van der Waals surface area contributed by atoms with Crippen LogP contribution in [0.1, 0.15) is 5.56 Å². The number of nitrogens with one attached hydrogen (secondary N) is 1. The molecule has 0 bridgehead atoms. The van der Waals surface area contributed by atoms with E-state index in [4.69, 9.17) is 17.3 Å². The van der Waals surface area contributed by atoms with E-state index >= 15 is 0 Å². The van der Waals surface area contributed by atoms with Crippen LogP contribution in [0.4, 0.5) is 15.8 Å². The Morgan fingerprint density at radius 2 is 1.90 bits per heavy atom. The lowest BCUT2D eigenvalue weighted by atomic mass is 10.2. The minimum absolute atomic E-state index is 0.0551. The lowest BCUT2D eigenvalue weighted by Crippen LogP contribution is -2.14. The van der Waals surface area contributed by atoms with Crippen LogP contribution in [0, 0.1) is 12.7 Å². The highest BCUT2D eigenvalue weighted by molar-refractivity contribution is 7.92. The third-order valence-electron chi connectivity index (χ3n) is 2.69. The van der Waals surface area contributed by atoms with E-state index in [-0.39, 0.29) is 9.92 Å². The summed E-state index contributed by atoms with van der Waals surface area (Å²) >= 11 is 5.81. The molecule has 0 saturated carbocycles. The van der Waals surface area contributed by atoms with Crippen LogP contribution in [0.3, 0.4) is 0 Å². The smallest absolute Gasteiger partial charge is 0.263 e. The number of sulfonamides is 1. The van der Waals surface area contributed by atoms with E-state index in [9.17, 15) is 12.8 Å². The third-order valence-corrected chi connectivity index (χ3v) is 4.54. The highest BCUT2D eigenvalue weighted by atomic mass is 35.5. The van der Waals surface area contributed by atoms with E-state index in [1.54, 1.807) is 19.1 Å². The Morgan fingerprint density at radius 1 is 1.20 bits per heavy atom. The molecule has 0 heterocycles. The molecule has 4 nitrogen and oxygen atoms in total. The summed E-state index contributed by atoms with van der Waals surface area (Å²) < 4.78 is 40.0. The van der Waals surface area contributed by atoms with Gasteiger partial charge < -0.3 is 5.73 Å². The number of benzene rings is 2. The quantitative estimate of drug-likeness (QED) is 0.855. The minimum atomic E-state index is -3.98. The Hall–Kier alpha value is -1.79. The van der Waals surface area contributed by atoms with Gasteiger partial charge >= 0.3 is 0 Å². The van der Waals surface area contributed by atoms with Crippen molar-refractivity contribution in [1.82, 2.24) is 0 Å². The molecule has 2 aromatic rings. The molecule has 0 aromatic heterocycles. The average molecular weight is 315 g/mol. The normalized spacial score (nSPS) is 11.3. The highest BCUT2D eigenvalue weighted by Gasteiger charge is 2.19. The standard InChI is InChI=1S/C13H12ClFN2O2S/c1-8-2-4-10(16)7-12(8)17-20(18,19)13-6-9(15)3-5-11(13)14/h2-7,17H,16H2,1H3. The van der Waals surface area contributed by atoms with E-state index in [0.29, 0.717) is 16.9 Å². The SMILES string of the molecule is Cc1ccc(N)cc1NS(=O)(=O)c1cc(F)ccc1Cl. The Bertz CT molecular complexity index is 763. The molecule has 2 aromatic carbocycles. The Kier molecular flexibility index (Phi) is 3.87. The van der Waals surface area contributed by atoms with Crippen molar-refractivity contribution in [2.45, 2.75) is 11.8 Å². The number of aryl methyl sites for hydroxylation is 1. The van der Waals surface area contributed by atoms with Crippen molar-refractivity contribution in [3.05, 3.63) is 52.8 Å². The third kappa shape index (κ3) is 3.02. The van der Waals surface area contributed by atoms with Crippen molar-refractivity contribution >= 4 is 33.0 Å². The van der Waals surface area contributed by atoms with Gasteiger partial charge in [-0.2, -0.15) is 0 Å². The van der Waals surface area contributed by atoms with Gasteiger partial charge in [0.2, 0.25) is 0 Å². The molecule has 0 aliphatic carbocycles. The van der Waals surface area contributed by atoms with Crippen molar-refractivity contribution < 1.29 is 12.8 Å². The summed E-state index contributed by atoms with van der Waals surface area (Å²) in [6.45, 7) is 1.73. The van der Waals surface area contributed by atoms with Crippen LogP contribution in [0.2, 0.25) is 5.02 Å². The minimum Gasteiger partial charge on any atom is -0.399 e. The summed E-state index contributed by atoms with van der Waals surface area (Å²) in [5.74, 6) is -0.681. The largest absolute Gasteiger partial charge is 0.399 e. The number of hydrogen-bond donors (Lipinski definition) is 2.